The molecule has 1 heterocycles. The first-order valence-electron chi connectivity index (χ1n) is 9.23. The Labute approximate surface area is 170 Å². The first-order chi connectivity index (χ1) is 13.4. The van der Waals surface area contributed by atoms with Gasteiger partial charge in [-0.05, 0) is 61.7 Å². The maximum Gasteiger partial charge on any atom is 0.265 e. The lowest BCUT2D eigenvalue weighted by Crippen LogP contribution is -2.32. The van der Waals surface area contributed by atoms with Crippen molar-refractivity contribution in [3.05, 3.63) is 53.6 Å². The van der Waals surface area contributed by atoms with Crippen molar-refractivity contribution in [1.29, 1.82) is 0 Å². The number of sulfonamides is 1. The largest absolute Gasteiger partial charge is 0.481 e. The highest BCUT2D eigenvalue weighted by Crippen LogP contribution is 2.23. The van der Waals surface area contributed by atoms with E-state index in [4.69, 9.17) is 16.3 Å². The number of carbonyl (C=O) groups is 1. The molecule has 1 aliphatic heterocycles. The first kappa shape index (κ1) is 20.6. The maximum atomic E-state index is 12.6. The van der Waals surface area contributed by atoms with Crippen LogP contribution in [0.15, 0.2) is 53.4 Å². The van der Waals surface area contributed by atoms with E-state index < -0.39 is 16.1 Å². The van der Waals surface area contributed by atoms with Crippen LogP contribution in [0.3, 0.4) is 0 Å². The Bertz CT molecular complexity index is 925. The van der Waals surface area contributed by atoms with Crippen molar-refractivity contribution in [1.82, 2.24) is 4.31 Å². The van der Waals surface area contributed by atoms with E-state index in [0.29, 0.717) is 36.0 Å². The Hall–Kier alpha value is -2.09. The Morgan fingerprint density at radius 1 is 1.18 bits per heavy atom. The number of halogens is 1. The fourth-order valence-electron chi connectivity index (χ4n) is 3.04. The van der Waals surface area contributed by atoms with Gasteiger partial charge >= 0.3 is 0 Å². The Kier molecular flexibility index (Phi) is 6.59. The van der Waals surface area contributed by atoms with Crippen molar-refractivity contribution in [3.63, 3.8) is 0 Å². The van der Waals surface area contributed by atoms with Crippen molar-refractivity contribution in [3.8, 4) is 5.75 Å². The van der Waals surface area contributed by atoms with E-state index in [1.165, 1.54) is 16.4 Å². The van der Waals surface area contributed by atoms with Crippen molar-refractivity contribution >= 4 is 33.2 Å². The van der Waals surface area contributed by atoms with E-state index in [9.17, 15) is 13.2 Å². The molecule has 28 heavy (non-hydrogen) atoms. The van der Waals surface area contributed by atoms with Crippen LogP contribution in [0, 0.1) is 0 Å². The molecule has 0 radical (unpaired) electrons. The molecular weight excluding hydrogens is 400 g/mol. The van der Waals surface area contributed by atoms with Crippen LogP contribution in [0.2, 0.25) is 5.02 Å². The van der Waals surface area contributed by atoms with Crippen molar-refractivity contribution in [2.45, 2.75) is 37.2 Å². The maximum absolute atomic E-state index is 12.6. The van der Waals surface area contributed by atoms with Gasteiger partial charge in [0.05, 0.1) is 4.90 Å². The summed E-state index contributed by atoms with van der Waals surface area (Å²) < 4.78 is 32.3. The molecule has 1 aliphatic rings. The van der Waals surface area contributed by atoms with Crippen molar-refractivity contribution in [2.75, 3.05) is 18.4 Å². The highest BCUT2D eigenvalue weighted by molar-refractivity contribution is 7.89. The third kappa shape index (κ3) is 4.84. The molecule has 0 saturated carbocycles. The van der Waals surface area contributed by atoms with Crippen LogP contribution in [0.5, 0.6) is 5.75 Å². The summed E-state index contributed by atoms with van der Waals surface area (Å²) in [6.45, 7) is 2.96. The molecule has 2 aromatic carbocycles. The number of nitrogens with one attached hydrogen (secondary N) is 1. The predicted molar refractivity (Wildman–Crippen MR) is 109 cm³/mol. The zero-order valence-corrected chi connectivity index (χ0v) is 17.2. The number of amides is 1. The third-order valence-corrected chi connectivity index (χ3v) is 6.71. The van der Waals surface area contributed by atoms with Gasteiger partial charge in [-0.2, -0.15) is 4.31 Å². The molecule has 1 amide bonds. The zero-order chi connectivity index (χ0) is 20.1. The number of hydrogen-bond acceptors (Lipinski definition) is 4. The zero-order valence-electron chi connectivity index (χ0n) is 15.6. The molecule has 150 valence electrons. The number of nitrogens with zero attached hydrogens (tertiary/aromatic N) is 1. The molecule has 6 nitrogen and oxygen atoms in total. The summed E-state index contributed by atoms with van der Waals surface area (Å²) in [6, 6.07) is 13.1. The molecule has 1 atom stereocenters. The fourth-order valence-corrected chi connectivity index (χ4v) is 4.73. The summed E-state index contributed by atoms with van der Waals surface area (Å²) in [7, 11) is -3.47. The highest BCUT2D eigenvalue weighted by atomic mass is 35.5. The summed E-state index contributed by atoms with van der Waals surface area (Å²) in [5.74, 6) is 0.208. The van der Waals surface area contributed by atoms with Crippen LogP contribution in [0.1, 0.15) is 26.2 Å². The molecule has 0 unspecified atom stereocenters. The smallest absolute Gasteiger partial charge is 0.265 e. The summed E-state index contributed by atoms with van der Waals surface area (Å²) in [5, 5.41) is 3.30. The van der Waals surface area contributed by atoms with Crippen molar-refractivity contribution < 1.29 is 17.9 Å². The van der Waals surface area contributed by atoms with Gasteiger partial charge in [-0.15, -0.1) is 0 Å². The second-order valence-electron chi connectivity index (χ2n) is 6.60. The Morgan fingerprint density at radius 3 is 2.46 bits per heavy atom. The number of rotatable bonds is 7. The summed E-state index contributed by atoms with van der Waals surface area (Å²) >= 11 is 5.95. The fraction of sp³-hybridized carbons (Fsp3) is 0.350. The van der Waals surface area contributed by atoms with Gasteiger partial charge in [-0.3, -0.25) is 4.79 Å². The van der Waals surface area contributed by atoms with Crippen LogP contribution in [0.4, 0.5) is 5.69 Å². The van der Waals surface area contributed by atoms with Crippen LogP contribution >= 0.6 is 11.6 Å². The van der Waals surface area contributed by atoms with Crippen LogP contribution in [-0.4, -0.2) is 37.8 Å². The molecule has 1 N–H and O–H groups in total. The van der Waals surface area contributed by atoms with Crippen LogP contribution < -0.4 is 10.1 Å². The first-order valence-corrected chi connectivity index (χ1v) is 11.1. The minimum absolute atomic E-state index is 0.231. The standard InChI is InChI=1S/C20H23ClN2O4S/c1-2-19(27-17-7-5-6-15(21)14-17)20(24)22-16-8-10-18(11-9-16)28(25,26)23-12-3-4-13-23/h5-11,14,19H,2-4,12-13H2,1H3,(H,22,24)/t19-/m0/s1. The van der Waals surface area contributed by atoms with E-state index in [2.05, 4.69) is 5.32 Å². The molecular formula is C20H23ClN2O4S. The molecule has 0 spiro atoms. The molecule has 8 heteroatoms. The number of anilines is 1. The van der Waals surface area contributed by atoms with Crippen LogP contribution in [-0.2, 0) is 14.8 Å². The van der Waals surface area contributed by atoms with Gasteiger partial charge in [0.15, 0.2) is 6.10 Å². The predicted octanol–water partition coefficient (Wildman–Crippen LogP) is 3.92. The highest BCUT2D eigenvalue weighted by Gasteiger charge is 2.27. The number of hydrogen-bond donors (Lipinski definition) is 1. The topological polar surface area (TPSA) is 75.7 Å². The van der Waals surface area contributed by atoms with Gasteiger partial charge in [-0.1, -0.05) is 24.6 Å². The molecule has 1 fully saturated rings. The third-order valence-electron chi connectivity index (χ3n) is 4.56. The van der Waals surface area contributed by atoms with Crippen molar-refractivity contribution in [2.24, 2.45) is 0 Å². The van der Waals surface area contributed by atoms with Gasteiger partial charge < -0.3 is 10.1 Å². The lowest BCUT2D eigenvalue weighted by molar-refractivity contribution is -0.122. The normalized spacial score (nSPS) is 15.9. The molecule has 3 rings (SSSR count). The Balaban J connectivity index is 1.66. The SMILES string of the molecule is CC[C@H](Oc1cccc(Cl)c1)C(=O)Nc1ccc(S(=O)(=O)N2CCCC2)cc1. The van der Waals surface area contributed by atoms with E-state index >= 15 is 0 Å². The van der Waals surface area contributed by atoms with Gasteiger partial charge in [0.1, 0.15) is 5.75 Å². The van der Waals surface area contributed by atoms with E-state index in [-0.39, 0.29) is 10.8 Å². The lowest BCUT2D eigenvalue weighted by atomic mass is 10.2. The van der Waals surface area contributed by atoms with Gasteiger partial charge in [0.25, 0.3) is 5.91 Å². The molecule has 2 aromatic rings. The number of ether oxygens (including phenoxy) is 1. The van der Waals surface area contributed by atoms with E-state index in [0.717, 1.165) is 12.8 Å². The average Bonchev–Trinajstić information content (AvgIpc) is 3.22. The average molecular weight is 423 g/mol. The molecule has 0 bridgehead atoms. The van der Waals surface area contributed by atoms with E-state index in [1.54, 1.807) is 36.4 Å². The summed E-state index contributed by atoms with van der Waals surface area (Å²) in [5.41, 5.74) is 0.513. The monoisotopic (exact) mass is 422 g/mol. The van der Waals surface area contributed by atoms with E-state index in [1.807, 2.05) is 6.92 Å². The second-order valence-corrected chi connectivity index (χ2v) is 8.97. The minimum Gasteiger partial charge on any atom is -0.481 e. The van der Waals surface area contributed by atoms with Gasteiger partial charge in [0, 0.05) is 23.8 Å². The second kappa shape index (κ2) is 8.94. The summed E-state index contributed by atoms with van der Waals surface area (Å²) in [6.07, 6.45) is 1.56. The van der Waals surface area contributed by atoms with Gasteiger partial charge in [-0.25, -0.2) is 8.42 Å². The quantitative estimate of drug-likeness (QED) is 0.733. The number of benzene rings is 2. The molecule has 1 saturated heterocycles. The van der Waals surface area contributed by atoms with Gasteiger partial charge in [0.2, 0.25) is 10.0 Å². The summed E-state index contributed by atoms with van der Waals surface area (Å²) in [4.78, 5) is 12.8. The number of carbonyl (C=O) groups excluding carboxylic acids is 1. The molecule has 0 aromatic heterocycles. The lowest BCUT2D eigenvalue weighted by Gasteiger charge is -2.18. The molecule has 0 aliphatic carbocycles. The Morgan fingerprint density at radius 2 is 1.86 bits per heavy atom. The van der Waals surface area contributed by atoms with Crippen LogP contribution in [0.25, 0.3) is 0 Å². The minimum atomic E-state index is -3.47.